The van der Waals surface area contributed by atoms with Crippen molar-refractivity contribution >= 4 is 15.9 Å². The average molecular weight is 355 g/mol. The summed E-state index contributed by atoms with van der Waals surface area (Å²) in [5, 5.41) is 0. The van der Waals surface area contributed by atoms with Gasteiger partial charge in [-0.05, 0) is 39.5 Å². The van der Waals surface area contributed by atoms with E-state index in [1.807, 2.05) is 6.92 Å². The van der Waals surface area contributed by atoms with Crippen LogP contribution in [0.5, 0.6) is 0 Å². The van der Waals surface area contributed by atoms with Crippen molar-refractivity contribution in [3.8, 4) is 0 Å². The number of halogens is 2. The molecule has 6 heteroatoms. The molecule has 0 aliphatic carbocycles. The molecule has 2 aromatic rings. The van der Waals surface area contributed by atoms with Gasteiger partial charge in [-0.3, -0.25) is 9.36 Å². The van der Waals surface area contributed by atoms with Crippen LogP contribution in [-0.4, -0.2) is 9.13 Å². The maximum absolute atomic E-state index is 13.6. The molecule has 0 unspecified atom stereocenters. The molecule has 4 nitrogen and oxygen atoms in total. The summed E-state index contributed by atoms with van der Waals surface area (Å²) in [5.74, 6) is -0.255. The Hall–Kier alpha value is -1.69. The van der Waals surface area contributed by atoms with E-state index in [0.29, 0.717) is 16.5 Å². The van der Waals surface area contributed by atoms with Gasteiger partial charge in [-0.2, -0.15) is 0 Å². The Kier molecular flexibility index (Phi) is 4.77. The van der Waals surface area contributed by atoms with Crippen molar-refractivity contribution in [3.05, 3.63) is 66.7 Å². The maximum Gasteiger partial charge on any atom is 0.331 e. The Bertz CT molecular complexity index is 746. The van der Waals surface area contributed by atoms with E-state index in [2.05, 4.69) is 15.9 Å². The van der Waals surface area contributed by atoms with Crippen molar-refractivity contribution < 1.29 is 4.39 Å². The molecule has 0 atom stereocenters. The van der Waals surface area contributed by atoms with Crippen LogP contribution in [0.25, 0.3) is 0 Å². The zero-order valence-corrected chi connectivity index (χ0v) is 13.5. The van der Waals surface area contributed by atoms with Gasteiger partial charge in [0.25, 0.3) is 5.56 Å². The van der Waals surface area contributed by atoms with Gasteiger partial charge in [0.2, 0.25) is 0 Å². The second kappa shape index (κ2) is 6.39. The van der Waals surface area contributed by atoms with Gasteiger partial charge < -0.3 is 4.57 Å². The predicted molar refractivity (Wildman–Crippen MR) is 83.1 cm³/mol. The van der Waals surface area contributed by atoms with Crippen LogP contribution in [0, 0.1) is 5.82 Å². The molecule has 1 aromatic carbocycles. The lowest BCUT2D eigenvalue weighted by atomic mass is 10.1. The SMILES string of the molecule is CCCc1cc(Cn2c(=O)c(Br)cn(C)c2=O)ccc1F. The Labute approximate surface area is 130 Å². The van der Waals surface area contributed by atoms with Gasteiger partial charge in [0.15, 0.2) is 0 Å². The standard InChI is InChI=1S/C15H16BrFN2O2/c1-3-4-11-7-10(5-6-13(11)17)8-19-14(20)12(16)9-18(2)15(19)21/h5-7,9H,3-4,8H2,1-2H3. The molecule has 0 aliphatic heterocycles. The number of aryl methyl sites for hydroxylation is 2. The lowest BCUT2D eigenvalue weighted by Gasteiger charge is -2.10. The van der Waals surface area contributed by atoms with E-state index >= 15 is 0 Å². The number of hydrogen-bond acceptors (Lipinski definition) is 2. The average Bonchev–Trinajstić information content (AvgIpc) is 2.45. The first-order valence-corrected chi connectivity index (χ1v) is 7.46. The summed E-state index contributed by atoms with van der Waals surface area (Å²) in [6.07, 6.45) is 2.90. The molecule has 0 spiro atoms. The lowest BCUT2D eigenvalue weighted by Crippen LogP contribution is -2.39. The zero-order valence-electron chi connectivity index (χ0n) is 11.9. The first-order valence-electron chi connectivity index (χ1n) is 6.67. The van der Waals surface area contributed by atoms with Crippen LogP contribution < -0.4 is 11.2 Å². The molecule has 0 amide bonds. The first kappa shape index (κ1) is 15.7. The van der Waals surface area contributed by atoms with Crippen LogP contribution in [0.3, 0.4) is 0 Å². The molecule has 0 saturated heterocycles. The summed E-state index contributed by atoms with van der Waals surface area (Å²) in [6.45, 7) is 2.10. The van der Waals surface area contributed by atoms with Crippen LogP contribution in [0.2, 0.25) is 0 Å². The lowest BCUT2D eigenvalue weighted by molar-refractivity contribution is 0.601. The normalized spacial score (nSPS) is 10.9. The number of rotatable bonds is 4. The number of aromatic nitrogens is 2. The van der Waals surface area contributed by atoms with Gasteiger partial charge >= 0.3 is 5.69 Å². The van der Waals surface area contributed by atoms with Gasteiger partial charge in [0, 0.05) is 13.2 Å². The first-order chi connectivity index (χ1) is 9.93. The summed E-state index contributed by atoms with van der Waals surface area (Å²) < 4.78 is 16.4. The fourth-order valence-electron chi connectivity index (χ4n) is 2.20. The summed E-state index contributed by atoms with van der Waals surface area (Å²) in [6, 6.07) is 4.70. The zero-order chi connectivity index (χ0) is 15.6. The van der Waals surface area contributed by atoms with E-state index in [9.17, 15) is 14.0 Å². The third kappa shape index (κ3) is 3.32. The monoisotopic (exact) mass is 354 g/mol. The van der Waals surface area contributed by atoms with Gasteiger partial charge in [0.05, 0.1) is 11.0 Å². The van der Waals surface area contributed by atoms with Crippen LogP contribution >= 0.6 is 15.9 Å². The summed E-state index contributed by atoms with van der Waals surface area (Å²) in [5.41, 5.74) is 0.552. The van der Waals surface area contributed by atoms with Crippen molar-refractivity contribution in [2.45, 2.75) is 26.3 Å². The highest BCUT2D eigenvalue weighted by Crippen LogP contribution is 2.13. The molecule has 112 valence electrons. The molecule has 0 aliphatic rings. The fraction of sp³-hybridized carbons (Fsp3) is 0.333. The van der Waals surface area contributed by atoms with Gasteiger partial charge in [-0.25, -0.2) is 9.18 Å². The van der Waals surface area contributed by atoms with Crippen LogP contribution in [-0.2, 0) is 20.0 Å². The highest BCUT2D eigenvalue weighted by molar-refractivity contribution is 9.10. The molecular weight excluding hydrogens is 339 g/mol. The number of benzene rings is 1. The molecule has 0 N–H and O–H groups in total. The van der Waals surface area contributed by atoms with Crippen molar-refractivity contribution in [1.29, 1.82) is 0 Å². The van der Waals surface area contributed by atoms with Crippen LogP contribution in [0.15, 0.2) is 38.5 Å². The minimum absolute atomic E-state index is 0.127. The largest absolute Gasteiger partial charge is 0.331 e. The van der Waals surface area contributed by atoms with E-state index in [0.717, 1.165) is 16.6 Å². The minimum atomic E-state index is -0.399. The van der Waals surface area contributed by atoms with Crippen molar-refractivity contribution in [1.82, 2.24) is 9.13 Å². The predicted octanol–water partition coefficient (Wildman–Crippen LogP) is 2.45. The van der Waals surface area contributed by atoms with Gasteiger partial charge in [-0.15, -0.1) is 0 Å². The van der Waals surface area contributed by atoms with Gasteiger partial charge in [0.1, 0.15) is 5.82 Å². The van der Waals surface area contributed by atoms with Crippen LogP contribution in [0.4, 0.5) is 4.39 Å². The quantitative estimate of drug-likeness (QED) is 0.846. The molecule has 1 aromatic heterocycles. The molecule has 0 fully saturated rings. The van der Waals surface area contributed by atoms with Crippen LogP contribution in [0.1, 0.15) is 24.5 Å². The molecular formula is C15H16BrFN2O2. The van der Waals surface area contributed by atoms with Crippen molar-refractivity contribution in [3.63, 3.8) is 0 Å². The summed E-state index contributed by atoms with van der Waals surface area (Å²) in [7, 11) is 1.58. The fourth-order valence-corrected chi connectivity index (χ4v) is 2.72. The molecule has 0 bridgehead atoms. The Morgan fingerprint density at radius 3 is 2.67 bits per heavy atom. The minimum Gasteiger partial charge on any atom is -0.302 e. The van der Waals surface area contributed by atoms with E-state index < -0.39 is 5.69 Å². The third-order valence-electron chi connectivity index (χ3n) is 3.26. The maximum atomic E-state index is 13.6. The van der Waals surface area contributed by atoms with E-state index in [1.54, 1.807) is 19.2 Å². The molecule has 0 radical (unpaired) electrons. The summed E-state index contributed by atoms with van der Waals surface area (Å²) in [4.78, 5) is 24.1. The molecule has 21 heavy (non-hydrogen) atoms. The second-order valence-corrected chi connectivity index (χ2v) is 5.79. The van der Waals surface area contributed by atoms with E-state index in [1.165, 1.54) is 16.8 Å². The highest BCUT2D eigenvalue weighted by Gasteiger charge is 2.10. The Morgan fingerprint density at radius 2 is 2.00 bits per heavy atom. The van der Waals surface area contributed by atoms with E-state index in [-0.39, 0.29) is 17.9 Å². The van der Waals surface area contributed by atoms with E-state index in [4.69, 9.17) is 0 Å². The molecule has 2 rings (SSSR count). The van der Waals surface area contributed by atoms with Crippen molar-refractivity contribution in [2.24, 2.45) is 7.05 Å². The Balaban J connectivity index is 2.46. The summed E-state index contributed by atoms with van der Waals surface area (Å²) >= 11 is 3.14. The third-order valence-corrected chi connectivity index (χ3v) is 3.80. The highest BCUT2D eigenvalue weighted by atomic mass is 79.9. The smallest absolute Gasteiger partial charge is 0.302 e. The molecule has 0 saturated carbocycles. The molecule has 1 heterocycles. The number of hydrogen-bond donors (Lipinski definition) is 0. The van der Waals surface area contributed by atoms with Gasteiger partial charge in [-0.1, -0.05) is 25.5 Å². The second-order valence-electron chi connectivity index (χ2n) is 4.94. The topological polar surface area (TPSA) is 44.0 Å². The van der Waals surface area contributed by atoms with Crippen molar-refractivity contribution in [2.75, 3.05) is 0 Å². The Morgan fingerprint density at radius 1 is 1.29 bits per heavy atom. The number of nitrogens with zero attached hydrogens (tertiary/aromatic N) is 2.